The first-order chi connectivity index (χ1) is 16.4. The molecule has 0 unspecified atom stereocenters. The molecule has 0 spiro atoms. The lowest BCUT2D eigenvalue weighted by Gasteiger charge is -2.14. The molecular weight excluding hydrogens is 502 g/mol. The molecule has 2 N–H and O–H groups in total. The molecule has 0 aliphatic carbocycles. The number of imide groups is 1. The first-order valence-corrected chi connectivity index (χ1v) is 11.6. The van der Waals surface area contributed by atoms with E-state index < -0.39 is 24.4 Å². The molecule has 9 heteroatoms. The average Bonchev–Trinajstić information content (AvgIpc) is 3.07. The molecular formula is C25H26BrN3O5. The van der Waals surface area contributed by atoms with Crippen molar-refractivity contribution in [3.63, 3.8) is 0 Å². The van der Waals surface area contributed by atoms with Crippen LogP contribution in [0.25, 0.3) is 6.08 Å². The van der Waals surface area contributed by atoms with Crippen molar-refractivity contribution in [3.8, 4) is 11.5 Å². The Morgan fingerprint density at radius 2 is 1.91 bits per heavy atom. The molecule has 1 aliphatic rings. The summed E-state index contributed by atoms with van der Waals surface area (Å²) in [4.78, 5) is 38.7. The van der Waals surface area contributed by atoms with Crippen LogP contribution in [-0.2, 0) is 16.0 Å². The van der Waals surface area contributed by atoms with Gasteiger partial charge in [-0.2, -0.15) is 0 Å². The zero-order valence-electron chi connectivity index (χ0n) is 19.0. The Hall–Kier alpha value is -3.59. The van der Waals surface area contributed by atoms with E-state index in [0.717, 1.165) is 16.9 Å². The van der Waals surface area contributed by atoms with E-state index in [2.05, 4.69) is 33.1 Å². The van der Waals surface area contributed by atoms with Crippen LogP contribution in [-0.4, -0.2) is 42.5 Å². The number of carbonyl (C=O) groups excluding carboxylic acids is 3. The Bertz CT molecular complexity index is 1150. The van der Waals surface area contributed by atoms with Crippen LogP contribution in [0, 0.1) is 0 Å². The largest absolute Gasteiger partial charge is 0.490 e. The Labute approximate surface area is 206 Å². The number of hydrogen-bond acceptors (Lipinski definition) is 5. The van der Waals surface area contributed by atoms with Gasteiger partial charge in [0.2, 0.25) is 5.91 Å². The topological polar surface area (TPSA) is 97.0 Å². The summed E-state index contributed by atoms with van der Waals surface area (Å²) >= 11 is 3.47. The van der Waals surface area contributed by atoms with Crippen LogP contribution in [0.5, 0.6) is 11.5 Å². The molecule has 34 heavy (non-hydrogen) atoms. The summed E-state index contributed by atoms with van der Waals surface area (Å²) in [6.07, 6.45) is 3.88. The number of anilines is 1. The molecule has 2 aromatic rings. The molecule has 0 radical (unpaired) electrons. The van der Waals surface area contributed by atoms with E-state index in [1.165, 1.54) is 6.08 Å². The summed E-state index contributed by atoms with van der Waals surface area (Å²) in [5.41, 5.74) is 2.27. The summed E-state index contributed by atoms with van der Waals surface area (Å²) < 4.78 is 11.9. The smallest absolute Gasteiger partial charge is 0.329 e. The average molecular weight is 528 g/mol. The van der Waals surface area contributed by atoms with Crippen molar-refractivity contribution >= 4 is 45.5 Å². The van der Waals surface area contributed by atoms with Crippen molar-refractivity contribution in [2.24, 2.45) is 0 Å². The van der Waals surface area contributed by atoms with Gasteiger partial charge in [0.05, 0.1) is 6.61 Å². The van der Waals surface area contributed by atoms with Gasteiger partial charge >= 0.3 is 6.03 Å². The fraction of sp³-hybridized carbons (Fsp3) is 0.240. The van der Waals surface area contributed by atoms with E-state index in [1.807, 2.05) is 32.0 Å². The molecule has 1 heterocycles. The lowest BCUT2D eigenvalue weighted by atomic mass is 10.1. The highest BCUT2D eigenvalue weighted by atomic mass is 79.9. The third-order valence-corrected chi connectivity index (χ3v) is 5.64. The standard InChI is InChI=1S/C25H26BrN3O5/c1-4-11-34-22-14-18(26)17(13-21(22)33-6-3)12-20-24(31)29(25(32)28-20)15-23(30)27-19-10-8-7-9-16(19)5-2/h4,7-10,12-14H,1,5-6,11,15H2,2-3H3,(H,27,30)(H,28,32)/b20-12+. The first kappa shape index (κ1) is 25.0. The van der Waals surface area contributed by atoms with Crippen LogP contribution in [0.1, 0.15) is 25.0 Å². The second kappa shape index (κ2) is 11.5. The highest BCUT2D eigenvalue weighted by Crippen LogP contribution is 2.35. The summed E-state index contributed by atoms with van der Waals surface area (Å²) in [5, 5.41) is 5.30. The third-order valence-electron chi connectivity index (χ3n) is 4.96. The maximum absolute atomic E-state index is 12.9. The minimum Gasteiger partial charge on any atom is -0.490 e. The molecule has 0 saturated carbocycles. The van der Waals surface area contributed by atoms with Crippen LogP contribution in [0.15, 0.2) is 59.2 Å². The van der Waals surface area contributed by atoms with Crippen LogP contribution >= 0.6 is 15.9 Å². The number of amides is 4. The number of carbonyl (C=O) groups is 3. The summed E-state index contributed by atoms with van der Waals surface area (Å²) in [5.74, 6) is -0.0554. The van der Waals surface area contributed by atoms with Gasteiger partial charge in [0.25, 0.3) is 5.91 Å². The maximum atomic E-state index is 12.9. The van der Waals surface area contributed by atoms with Crippen molar-refractivity contribution < 1.29 is 23.9 Å². The van der Waals surface area contributed by atoms with Crippen LogP contribution in [0.4, 0.5) is 10.5 Å². The first-order valence-electron chi connectivity index (χ1n) is 10.8. The lowest BCUT2D eigenvalue weighted by Crippen LogP contribution is -2.38. The summed E-state index contributed by atoms with van der Waals surface area (Å²) in [6.45, 7) is 7.79. The number of rotatable bonds is 10. The molecule has 178 valence electrons. The number of benzene rings is 2. The second-order valence-electron chi connectivity index (χ2n) is 7.29. The SMILES string of the molecule is C=CCOc1cc(Br)c(/C=C2/NC(=O)N(CC(=O)Nc3ccccc3CC)C2=O)cc1OCC. The van der Waals surface area contributed by atoms with Crippen molar-refractivity contribution in [2.75, 3.05) is 25.1 Å². The number of halogens is 1. The molecule has 2 aromatic carbocycles. The highest BCUT2D eigenvalue weighted by molar-refractivity contribution is 9.10. The predicted molar refractivity (Wildman–Crippen MR) is 134 cm³/mol. The number of ether oxygens (including phenoxy) is 2. The normalized spacial score (nSPS) is 14.2. The summed E-state index contributed by atoms with van der Waals surface area (Å²) in [7, 11) is 0. The van der Waals surface area contributed by atoms with Crippen LogP contribution in [0.3, 0.4) is 0 Å². The molecule has 1 saturated heterocycles. The second-order valence-corrected chi connectivity index (χ2v) is 8.15. The van der Waals surface area contributed by atoms with E-state index in [1.54, 1.807) is 24.3 Å². The minimum atomic E-state index is -0.665. The maximum Gasteiger partial charge on any atom is 0.329 e. The zero-order chi connectivity index (χ0) is 24.7. The molecule has 0 bridgehead atoms. The van der Waals surface area contributed by atoms with Crippen molar-refractivity contribution in [1.82, 2.24) is 10.2 Å². The Kier molecular flexibility index (Phi) is 8.48. The van der Waals surface area contributed by atoms with E-state index >= 15 is 0 Å². The van der Waals surface area contributed by atoms with Gasteiger partial charge in [0.15, 0.2) is 11.5 Å². The number of nitrogens with one attached hydrogen (secondary N) is 2. The molecule has 8 nitrogen and oxygen atoms in total. The fourth-order valence-electron chi connectivity index (χ4n) is 3.35. The zero-order valence-corrected chi connectivity index (χ0v) is 20.6. The van der Waals surface area contributed by atoms with Gasteiger partial charge in [-0.3, -0.25) is 9.59 Å². The van der Waals surface area contributed by atoms with Crippen LogP contribution in [0.2, 0.25) is 0 Å². The van der Waals surface area contributed by atoms with Gasteiger partial charge in [0, 0.05) is 10.2 Å². The van der Waals surface area contributed by atoms with Gasteiger partial charge in [-0.1, -0.05) is 53.7 Å². The van der Waals surface area contributed by atoms with Gasteiger partial charge in [0.1, 0.15) is 18.8 Å². The number of para-hydroxylation sites is 1. The number of aryl methyl sites for hydroxylation is 1. The monoisotopic (exact) mass is 527 g/mol. The predicted octanol–water partition coefficient (Wildman–Crippen LogP) is 4.51. The van der Waals surface area contributed by atoms with E-state index in [-0.39, 0.29) is 5.70 Å². The summed E-state index contributed by atoms with van der Waals surface area (Å²) in [6, 6.07) is 10.1. The molecule has 0 aromatic heterocycles. The Morgan fingerprint density at radius 1 is 1.18 bits per heavy atom. The van der Waals surface area contributed by atoms with E-state index in [0.29, 0.717) is 40.4 Å². The third kappa shape index (κ3) is 5.85. The molecule has 1 fully saturated rings. The van der Waals surface area contributed by atoms with Gasteiger partial charge in [-0.05, 0) is 48.7 Å². The molecule has 4 amide bonds. The Balaban J connectivity index is 1.78. The number of nitrogens with zero attached hydrogens (tertiary/aromatic N) is 1. The number of hydrogen-bond donors (Lipinski definition) is 2. The molecule has 3 rings (SSSR count). The van der Waals surface area contributed by atoms with E-state index in [4.69, 9.17) is 9.47 Å². The number of urea groups is 1. The fourth-order valence-corrected chi connectivity index (χ4v) is 3.78. The molecule has 1 aliphatic heterocycles. The van der Waals surface area contributed by atoms with Crippen molar-refractivity contribution in [2.45, 2.75) is 20.3 Å². The van der Waals surface area contributed by atoms with Gasteiger partial charge < -0.3 is 20.1 Å². The quantitative estimate of drug-likeness (QED) is 0.269. The van der Waals surface area contributed by atoms with Crippen LogP contribution < -0.4 is 20.1 Å². The molecule has 0 atom stereocenters. The van der Waals surface area contributed by atoms with E-state index in [9.17, 15) is 14.4 Å². The van der Waals surface area contributed by atoms with Crippen molar-refractivity contribution in [3.05, 3.63) is 70.3 Å². The Morgan fingerprint density at radius 3 is 2.62 bits per heavy atom. The minimum absolute atomic E-state index is 0.0506. The lowest BCUT2D eigenvalue weighted by molar-refractivity contribution is -0.127. The van der Waals surface area contributed by atoms with Gasteiger partial charge in [-0.25, -0.2) is 9.69 Å². The van der Waals surface area contributed by atoms with Gasteiger partial charge in [-0.15, -0.1) is 0 Å². The highest BCUT2D eigenvalue weighted by Gasteiger charge is 2.35. The van der Waals surface area contributed by atoms with Crippen molar-refractivity contribution in [1.29, 1.82) is 0 Å².